The molecule has 0 aliphatic carbocycles. The average Bonchev–Trinajstić information content (AvgIpc) is 3.24. The number of hydrogen-bond acceptors (Lipinski definition) is 7. The number of aryl methyl sites for hydroxylation is 1. The SMILES string of the molecule is Cc1nc2sc(C(=O)OCc3ccccc3)c(N)c2c(-c2ccncc2)c1C(=O)Nc1ccc(Cl)cc1. The van der Waals surface area contributed by atoms with E-state index >= 15 is 0 Å². The van der Waals surface area contributed by atoms with Crippen LogP contribution in [-0.2, 0) is 11.3 Å². The predicted octanol–water partition coefficient (Wildman–Crippen LogP) is 6.51. The summed E-state index contributed by atoms with van der Waals surface area (Å²) in [5.41, 5.74) is 10.4. The first kappa shape index (κ1) is 24.4. The van der Waals surface area contributed by atoms with E-state index < -0.39 is 5.97 Å². The number of halogens is 1. The number of nitrogens with one attached hydrogen (secondary N) is 1. The quantitative estimate of drug-likeness (QED) is 0.243. The van der Waals surface area contributed by atoms with Crippen molar-refractivity contribution in [3.05, 3.63) is 106 Å². The summed E-state index contributed by atoms with van der Waals surface area (Å²) in [6.45, 7) is 1.87. The van der Waals surface area contributed by atoms with Crippen molar-refractivity contribution in [3.63, 3.8) is 0 Å². The topological polar surface area (TPSA) is 107 Å². The molecule has 0 saturated carbocycles. The number of fused-ring (bicyclic) bond motifs is 1. The van der Waals surface area contributed by atoms with Crippen LogP contribution in [0.15, 0.2) is 79.1 Å². The molecule has 5 rings (SSSR count). The van der Waals surface area contributed by atoms with Crippen LogP contribution in [0.4, 0.5) is 11.4 Å². The fraction of sp³-hybridized carbons (Fsp3) is 0.0714. The van der Waals surface area contributed by atoms with Gasteiger partial charge in [-0.05, 0) is 54.4 Å². The summed E-state index contributed by atoms with van der Waals surface area (Å²) in [6.07, 6.45) is 3.27. The lowest BCUT2D eigenvalue weighted by molar-refractivity contribution is 0.0479. The van der Waals surface area contributed by atoms with E-state index in [4.69, 9.17) is 22.1 Å². The number of ether oxygens (including phenoxy) is 1. The molecule has 37 heavy (non-hydrogen) atoms. The summed E-state index contributed by atoms with van der Waals surface area (Å²) in [7, 11) is 0. The Kier molecular flexibility index (Phi) is 6.85. The highest BCUT2D eigenvalue weighted by molar-refractivity contribution is 7.21. The molecular formula is C28H21ClN4O3S. The summed E-state index contributed by atoms with van der Waals surface area (Å²) < 4.78 is 5.53. The summed E-state index contributed by atoms with van der Waals surface area (Å²) in [6, 6.07) is 19.8. The lowest BCUT2D eigenvalue weighted by Gasteiger charge is -2.15. The molecular weight excluding hydrogens is 508 g/mol. The van der Waals surface area contributed by atoms with Crippen molar-refractivity contribution in [2.45, 2.75) is 13.5 Å². The van der Waals surface area contributed by atoms with Gasteiger partial charge in [-0.2, -0.15) is 0 Å². The minimum Gasteiger partial charge on any atom is -0.457 e. The number of hydrogen-bond donors (Lipinski definition) is 2. The van der Waals surface area contributed by atoms with E-state index in [2.05, 4.69) is 15.3 Å². The highest BCUT2D eigenvalue weighted by atomic mass is 35.5. The van der Waals surface area contributed by atoms with E-state index in [0.29, 0.717) is 37.7 Å². The molecule has 9 heteroatoms. The number of pyridine rings is 2. The first-order valence-electron chi connectivity index (χ1n) is 11.3. The van der Waals surface area contributed by atoms with Crippen molar-refractivity contribution in [2.75, 3.05) is 11.1 Å². The molecule has 7 nitrogen and oxygen atoms in total. The molecule has 1 amide bonds. The second-order valence-corrected chi connectivity index (χ2v) is 9.67. The Labute approximate surface area is 221 Å². The van der Waals surface area contributed by atoms with Crippen molar-refractivity contribution in [1.29, 1.82) is 0 Å². The molecule has 0 saturated heterocycles. The second kappa shape index (κ2) is 10.4. The largest absolute Gasteiger partial charge is 0.457 e. The van der Waals surface area contributed by atoms with Crippen LogP contribution >= 0.6 is 22.9 Å². The van der Waals surface area contributed by atoms with Gasteiger partial charge >= 0.3 is 5.97 Å². The molecule has 0 radical (unpaired) electrons. The maximum Gasteiger partial charge on any atom is 0.350 e. The summed E-state index contributed by atoms with van der Waals surface area (Å²) in [5, 5.41) is 3.99. The van der Waals surface area contributed by atoms with E-state index in [0.717, 1.165) is 22.5 Å². The van der Waals surface area contributed by atoms with Crippen LogP contribution in [0.2, 0.25) is 5.02 Å². The van der Waals surface area contributed by atoms with Crippen LogP contribution in [0.25, 0.3) is 21.3 Å². The number of amides is 1. The third kappa shape index (κ3) is 5.02. The molecule has 5 aromatic rings. The fourth-order valence-electron chi connectivity index (χ4n) is 4.02. The minimum atomic E-state index is -0.546. The molecule has 0 bridgehead atoms. The standard InChI is InChI=1S/C28H21ClN4O3S/c1-16-21(26(34)33-20-9-7-19(29)8-10-20)22(18-11-13-31-14-12-18)23-24(30)25(37-27(23)32-16)28(35)36-15-17-5-3-2-4-6-17/h2-14H,15,30H2,1H3,(H,33,34). The number of rotatable bonds is 6. The van der Waals surface area contributed by atoms with Crippen LogP contribution in [0.3, 0.4) is 0 Å². The van der Waals surface area contributed by atoms with Crippen molar-refractivity contribution in [1.82, 2.24) is 9.97 Å². The molecule has 3 N–H and O–H groups in total. The Morgan fingerprint density at radius 3 is 2.43 bits per heavy atom. The van der Waals surface area contributed by atoms with E-state index in [9.17, 15) is 9.59 Å². The number of carbonyl (C=O) groups is 2. The fourth-order valence-corrected chi connectivity index (χ4v) is 5.19. The first-order chi connectivity index (χ1) is 17.9. The van der Waals surface area contributed by atoms with Crippen LogP contribution in [0, 0.1) is 6.92 Å². The number of esters is 1. The van der Waals surface area contributed by atoms with E-state index in [-0.39, 0.29) is 23.1 Å². The zero-order valence-corrected chi connectivity index (χ0v) is 21.3. The zero-order chi connectivity index (χ0) is 25.9. The lowest BCUT2D eigenvalue weighted by atomic mass is 9.95. The van der Waals surface area contributed by atoms with Crippen LogP contribution < -0.4 is 11.1 Å². The van der Waals surface area contributed by atoms with Crippen molar-refractivity contribution >= 4 is 56.4 Å². The van der Waals surface area contributed by atoms with Crippen LogP contribution in [-0.4, -0.2) is 21.8 Å². The van der Waals surface area contributed by atoms with Gasteiger partial charge in [-0.1, -0.05) is 41.9 Å². The molecule has 184 valence electrons. The molecule has 0 aliphatic heterocycles. The summed E-state index contributed by atoms with van der Waals surface area (Å²) in [5.74, 6) is -0.908. The number of anilines is 2. The summed E-state index contributed by atoms with van der Waals surface area (Å²) >= 11 is 7.13. The van der Waals surface area contributed by atoms with Gasteiger partial charge in [-0.15, -0.1) is 11.3 Å². The Morgan fingerprint density at radius 1 is 1.03 bits per heavy atom. The molecule has 3 heterocycles. The maximum atomic E-state index is 13.5. The molecule has 0 spiro atoms. The maximum absolute atomic E-state index is 13.5. The third-order valence-corrected chi connectivity index (χ3v) is 7.09. The highest BCUT2D eigenvalue weighted by Gasteiger charge is 2.27. The highest BCUT2D eigenvalue weighted by Crippen LogP contribution is 2.42. The van der Waals surface area contributed by atoms with E-state index in [1.165, 1.54) is 0 Å². The van der Waals surface area contributed by atoms with Gasteiger partial charge in [0.15, 0.2) is 0 Å². The van der Waals surface area contributed by atoms with Gasteiger partial charge in [0, 0.05) is 34.1 Å². The van der Waals surface area contributed by atoms with Gasteiger partial charge in [0.2, 0.25) is 0 Å². The number of nitrogen functional groups attached to an aromatic ring is 1. The number of benzene rings is 2. The van der Waals surface area contributed by atoms with Gasteiger partial charge < -0.3 is 15.8 Å². The Balaban J connectivity index is 1.60. The monoisotopic (exact) mass is 528 g/mol. The van der Waals surface area contributed by atoms with E-state index in [1.807, 2.05) is 30.3 Å². The summed E-state index contributed by atoms with van der Waals surface area (Å²) in [4.78, 5) is 36.1. The van der Waals surface area contributed by atoms with Crippen molar-refractivity contribution in [3.8, 4) is 11.1 Å². The van der Waals surface area contributed by atoms with Gasteiger partial charge in [0.1, 0.15) is 16.3 Å². The molecule has 0 aliphatic rings. The number of nitrogens with zero attached hydrogens (tertiary/aromatic N) is 2. The number of nitrogens with two attached hydrogens (primary N) is 1. The smallest absolute Gasteiger partial charge is 0.350 e. The Morgan fingerprint density at radius 2 is 1.73 bits per heavy atom. The zero-order valence-electron chi connectivity index (χ0n) is 19.7. The third-order valence-electron chi connectivity index (χ3n) is 5.75. The van der Waals surface area contributed by atoms with E-state index in [1.54, 1.807) is 55.7 Å². The number of thiophene rings is 1. The number of aromatic nitrogens is 2. The van der Waals surface area contributed by atoms with Crippen molar-refractivity contribution in [2.24, 2.45) is 0 Å². The minimum absolute atomic E-state index is 0.117. The van der Waals surface area contributed by atoms with Gasteiger partial charge in [-0.3, -0.25) is 9.78 Å². The van der Waals surface area contributed by atoms with Crippen LogP contribution in [0.1, 0.15) is 31.3 Å². The van der Waals surface area contributed by atoms with Gasteiger partial charge in [0.25, 0.3) is 5.91 Å². The number of carbonyl (C=O) groups excluding carboxylic acids is 2. The molecule has 2 aromatic carbocycles. The lowest BCUT2D eigenvalue weighted by Crippen LogP contribution is -2.16. The second-order valence-electron chi connectivity index (χ2n) is 8.23. The first-order valence-corrected chi connectivity index (χ1v) is 12.5. The molecule has 3 aromatic heterocycles. The molecule has 0 fully saturated rings. The van der Waals surface area contributed by atoms with Crippen LogP contribution in [0.5, 0.6) is 0 Å². The molecule has 0 atom stereocenters. The van der Waals surface area contributed by atoms with Gasteiger partial charge in [-0.25, -0.2) is 9.78 Å². The predicted molar refractivity (Wildman–Crippen MR) is 147 cm³/mol. The van der Waals surface area contributed by atoms with Gasteiger partial charge in [0.05, 0.1) is 16.9 Å². The normalized spacial score (nSPS) is 10.9. The Bertz CT molecular complexity index is 1600. The Hall–Kier alpha value is -4.27. The van der Waals surface area contributed by atoms with Crippen molar-refractivity contribution < 1.29 is 14.3 Å². The molecule has 0 unspecified atom stereocenters. The average molecular weight is 529 g/mol.